The number of methoxy groups -OCH3 is 2. The van der Waals surface area contributed by atoms with Gasteiger partial charge in [-0.05, 0) is 44.7 Å². The highest BCUT2D eigenvalue weighted by molar-refractivity contribution is 6.41. The van der Waals surface area contributed by atoms with Crippen molar-refractivity contribution >= 4 is 46.1 Å². The molecule has 1 amide bonds. The molecule has 0 atom stereocenters. The van der Waals surface area contributed by atoms with Gasteiger partial charge < -0.3 is 14.2 Å². The summed E-state index contributed by atoms with van der Waals surface area (Å²) in [6.07, 6.45) is 4.10. The molecule has 4 aromatic rings. The topological polar surface area (TPSA) is 102 Å². The molecule has 12 heteroatoms. The first-order valence-corrected chi connectivity index (χ1v) is 14.1. The summed E-state index contributed by atoms with van der Waals surface area (Å²) in [6.45, 7) is 8.26. The molecule has 42 heavy (non-hydrogen) atoms. The van der Waals surface area contributed by atoms with Crippen LogP contribution in [0.1, 0.15) is 19.4 Å². The number of likely N-dealkylation sites (N-methyl/N-ethyl adjacent to an activating group) is 1. The zero-order chi connectivity index (χ0) is 30.0. The Morgan fingerprint density at radius 3 is 2.26 bits per heavy atom. The fourth-order valence-electron chi connectivity index (χ4n) is 4.99. The summed E-state index contributed by atoms with van der Waals surface area (Å²) < 4.78 is 16.5. The van der Waals surface area contributed by atoms with Crippen molar-refractivity contribution in [1.29, 1.82) is 0 Å². The van der Waals surface area contributed by atoms with Gasteiger partial charge in [0, 0.05) is 67.5 Å². The minimum Gasteiger partial charge on any atom is -0.495 e. The average molecular weight is 612 g/mol. The number of hydrogen-bond donors (Lipinski definition) is 1. The van der Waals surface area contributed by atoms with Crippen LogP contribution in [-0.4, -0.2) is 77.3 Å². The lowest BCUT2D eigenvalue weighted by atomic mass is 9.99. The van der Waals surface area contributed by atoms with E-state index in [9.17, 15) is 4.79 Å². The Labute approximate surface area is 254 Å². The van der Waals surface area contributed by atoms with Crippen LogP contribution in [0.15, 0.2) is 48.9 Å². The lowest BCUT2D eigenvalue weighted by Gasteiger charge is -2.45. The number of ether oxygens (including phenoxy) is 3. The quantitative estimate of drug-likeness (QED) is 0.264. The van der Waals surface area contributed by atoms with Gasteiger partial charge in [0.25, 0.3) is 0 Å². The number of rotatable bonds is 7. The van der Waals surface area contributed by atoms with E-state index >= 15 is 0 Å². The standard InChI is InChI=1S/C30H32Cl2N6O4/c1-30(2)17-38(13-12-37(30)3)16-18-6-9-23(35-15-18)36-29(39)42-20-8-7-19(27-28(20)34-11-10-33-27)24-25(31)21(40-4)14-22(41-5)26(24)32/h6-11,14-15H,12-13,16-17H2,1-5H3,(H,35,36,39). The van der Waals surface area contributed by atoms with E-state index in [4.69, 9.17) is 37.4 Å². The van der Waals surface area contributed by atoms with E-state index in [1.807, 2.05) is 6.07 Å². The highest BCUT2D eigenvalue weighted by Gasteiger charge is 2.31. The largest absolute Gasteiger partial charge is 0.495 e. The fraction of sp³-hybridized carbons (Fsp3) is 0.333. The number of piperazine rings is 1. The smallest absolute Gasteiger partial charge is 0.418 e. The lowest BCUT2D eigenvalue weighted by Crippen LogP contribution is -2.57. The van der Waals surface area contributed by atoms with Crippen molar-refractivity contribution in [3.05, 3.63) is 64.5 Å². The van der Waals surface area contributed by atoms with E-state index in [0.29, 0.717) is 39.5 Å². The number of halogens is 2. The summed E-state index contributed by atoms with van der Waals surface area (Å²) in [7, 11) is 5.16. The molecule has 220 valence electrons. The van der Waals surface area contributed by atoms with Crippen LogP contribution in [0.25, 0.3) is 22.2 Å². The monoisotopic (exact) mass is 610 g/mol. The van der Waals surface area contributed by atoms with E-state index in [1.54, 1.807) is 30.5 Å². The Hall–Kier alpha value is -3.70. The summed E-state index contributed by atoms with van der Waals surface area (Å²) in [5.41, 5.74) is 2.98. The van der Waals surface area contributed by atoms with Gasteiger partial charge in [-0.1, -0.05) is 29.3 Å². The van der Waals surface area contributed by atoms with Crippen LogP contribution in [0.5, 0.6) is 17.2 Å². The second-order valence-electron chi connectivity index (χ2n) is 10.7. The van der Waals surface area contributed by atoms with Crippen molar-refractivity contribution in [2.45, 2.75) is 25.9 Å². The molecule has 2 aromatic heterocycles. The van der Waals surface area contributed by atoms with Gasteiger partial charge >= 0.3 is 6.09 Å². The summed E-state index contributed by atoms with van der Waals surface area (Å²) in [4.78, 5) is 31.0. The molecule has 2 aromatic carbocycles. The molecule has 0 bridgehead atoms. The summed E-state index contributed by atoms with van der Waals surface area (Å²) in [5, 5.41) is 3.25. The van der Waals surface area contributed by atoms with Gasteiger partial charge in [-0.25, -0.2) is 14.8 Å². The molecule has 5 rings (SSSR count). The Morgan fingerprint density at radius 2 is 1.64 bits per heavy atom. The SMILES string of the molecule is COc1cc(OC)c(Cl)c(-c2ccc(OC(=O)Nc3ccc(CN4CCN(C)C(C)(C)C4)cn3)c3nccnc23)c1Cl. The van der Waals surface area contributed by atoms with Crippen molar-refractivity contribution in [3.8, 4) is 28.4 Å². The molecule has 1 aliphatic heterocycles. The molecule has 1 N–H and O–H groups in total. The molecule has 10 nitrogen and oxygen atoms in total. The van der Waals surface area contributed by atoms with Gasteiger partial charge in [0.15, 0.2) is 5.75 Å². The Bertz CT molecular complexity index is 1590. The lowest BCUT2D eigenvalue weighted by molar-refractivity contribution is 0.0359. The minimum atomic E-state index is -0.713. The van der Waals surface area contributed by atoms with Gasteiger partial charge in [-0.2, -0.15) is 0 Å². The summed E-state index contributed by atoms with van der Waals surface area (Å²) in [6, 6.07) is 8.65. The third-order valence-electron chi connectivity index (χ3n) is 7.49. The van der Waals surface area contributed by atoms with Crippen LogP contribution in [0.2, 0.25) is 10.0 Å². The molecule has 1 aliphatic rings. The van der Waals surface area contributed by atoms with Gasteiger partial charge in [0.1, 0.15) is 28.4 Å². The van der Waals surface area contributed by atoms with E-state index in [-0.39, 0.29) is 21.3 Å². The number of aromatic nitrogens is 3. The summed E-state index contributed by atoms with van der Waals surface area (Å²) in [5.74, 6) is 1.35. The molecule has 0 radical (unpaired) electrons. The maximum Gasteiger partial charge on any atom is 0.418 e. The number of pyridine rings is 1. The number of benzene rings is 2. The maximum absolute atomic E-state index is 12.9. The molecule has 1 fully saturated rings. The number of nitrogens with zero attached hydrogens (tertiary/aromatic N) is 5. The number of hydrogen-bond acceptors (Lipinski definition) is 9. The first-order chi connectivity index (χ1) is 20.1. The third kappa shape index (κ3) is 6.07. The highest BCUT2D eigenvalue weighted by Crippen LogP contribution is 2.48. The number of carbonyl (C=O) groups is 1. The molecular weight excluding hydrogens is 579 g/mol. The van der Waals surface area contributed by atoms with Gasteiger partial charge in [0.2, 0.25) is 0 Å². The number of anilines is 1. The van der Waals surface area contributed by atoms with E-state index in [0.717, 1.165) is 31.7 Å². The highest BCUT2D eigenvalue weighted by atomic mass is 35.5. The zero-order valence-corrected chi connectivity index (χ0v) is 25.6. The molecule has 0 aliphatic carbocycles. The predicted molar refractivity (Wildman–Crippen MR) is 164 cm³/mol. The van der Waals surface area contributed by atoms with Crippen LogP contribution in [0.4, 0.5) is 10.6 Å². The molecule has 3 heterocycles. The molecule has 0 saturated carbocycles. The average Bonchev–Trinajstić information content (AvgIpc) is 2.97. The van der Waals surface area contributed by atoms with Crippen LogP contribution >= 0.6 is 23.2 Å². The van der Waals surface area contributed by atoms with Crippen LogP contribution < -0.4 is 19.5 Å². The van der Waals surface area contributed by atoms with Crippen molar-refractivity contribution in [2.24, 2.45) is 0 Å². The maximum atomic E-state index is 12.9. The second-order valence-corrected chi connectivity index (χ2v) is 11.4. The number of carbonyl (C=O) groups excluding carboxylic acids is 1. The molecule has 0 spiro atoms. The second kappa shape index (κ2) is 12.3. The van der Waals surface area contributed by atoms with Crippen LogP contribution in [-0.2, 0) is 6.54 Å². The number of nitrogens with one attached hydrogen (secondary N) is 1. The van der Waals surface area contributed by atoms with Gasteiger partial charge in [0.05, 0.1) is 24.3 Å². The van der Waals surface area contributed by atoms with Crippen molar-refractivity contribution in [2.75, 3.05) is 46.2 Å². The first kappa shape index (κ1) is 29.8. The van der Waals surface area contributed by atoms with Crippen molar-refractivity contribution in [3.63, 3.8) is 0 Å². The van der Waals surface area contributed by atoms with Gasteiger partial charge in [-0.15, -0.1) is 0 Å². The van der Waals surface area contributed by atoms with E-state index < -0.39 is 6.09 Å². The number of fused-ring (bicyclic) bond motifs is 1. The Balaban J connectivity index is 1.33. The Morgan fingerprint density at radius 1 is 0.952 bits per heavy atom. The Kier molecular flexibility index (Phi) is 8.70. The fourth-order valence-corrected chi connectivity index (χ4v) is 5.70. The molecule has 0 unspecified atom stereocenters. The molecular formula is C30H32Cl2N6O4. The van der Waals surface area contributed by atoms with Crippen LogP contribution in [0.3, 0.4) is 0 Å². The zero-order valence-electron chi connectivity index (χ0n) is 24.1. The minimum absolute atomic E-state index is 0.114. The van der Waals surface area contributed by atoms with Crippen molar-refractivity contribution in [1.82, 2.24) is 24.8 Å². The first-order valence-electron chi connectivity index (χ1n) is 13.3. The third-order valence-corrected chi connectivity index (χ3v) is 8.24. The van der Waals surface area contributed by atoms with Crippen LogP contribution in [0, 0.1) is 0 Å². The normalized spacial score (nSPS) is 15.4. The van der Waals surface area contributed by atoms with Gasteiger partial charge in [-0.3, -0.25) is 20.1 Å². The predicted octanol–water partition coefficient (Wildman–Crippen LogP) is 6.15. The van der Waals surface area contributed by atoms with Crippen molar-refractivity contribution < 1.29 is 19.0 Å². The summed E-state index contributed by atoms with van der Waals surface area (Å²) >= 11 is 13.3. The molecule has 1 saturated heterocycles. The van der Waals surface area contributed by atoms with E-state index in [1.165, 1.54) is 26.6 Å². The van der Waals surface area contributed by atoms with E-state index in [2.05, 4.69) is 51.0 Å². The number of amides is 1.